The molecular formula is C16H13ClN2O. The number of amides is 1. The fraction of sp³-hybridized carbons (Fsp3) is 0.125. The smallest absolute Gasteiger partial charge is 0.246 e. The topological polar surface area (TPSA) is 41.5 Å². The molecular weight excluding hydrogens is 272 g/mol. The monoisotopic (exact) mass is 284 g/mol. The zero-order valence-electron chi connectivity index (χ0n) is 11.0. The van der Waals surface area contributed by atoms with Gasteiger partial charge >= 0.3 is 0 Å². The first-order chi connectivity index (χ1) is 9.65. The third-order valence-electron chi connectivity index (χ3n) is 3.21. The summed E-state index contributed by atoms with van der Waals surface area (Å²) in [4.78, 5) is 16.2. The van der Waals surface area contributed by atoms with Gasteiger partial charge in [-0.1, -0.05) is 41.4 Å². The van der Waals surface area contributed by atoms with E-state index in [0.717, 1.165) is 28.1 Å². The van der Waals surface area contributed by atoms with Gasteiger partial charge in [0.2, 0.25) is 5.91 Å². The SMILES string of the molecule is Cc1ccc2c(c1)C(c1ccccc1Cl)=NCC(=O)N2. The van der Waals surface area contributed by atoms with Gasteiger partial charge in [0, 0.05) is 16.1 Å². The number of hydrogen-bond donors (Lipinski definition) is 1. The van der Waals surface area contributed by atoms with Gasteiger partial charge in [-0.15, -0.1) is 0 Å². The van der Waals surface area contributed by atoms with E-state index in [-0.39, 0.29) is 12.5 Å². The van der Waals surface area contributed by atoms with E-state index in [1.807, 2.05) is 49.4 Å². The lowest BCUT2D eigenvalue weighted by molar-refractivity contribution is -0.114. The van der Waals surface area contributed by atoms with E-state index < -0.39 is 0 Å². The van der Waals surface area contributed by atoms with Crippen LogP contribution in [0.5, 0.6) is 0 Å². The number of benzodiazepines with no additional fused rings is 1. The number of nitrogens with zero attached hydrogens (tertiary/aromatic N) is 1. The van der Waals surface area contributed by atoms with Crippen molar-refractivity contribution < 1.29 is 4.79 Å². The maximum atomic E-state index is 11.7. The first kappa shape index (κ1) is 12.9. The summed E-state index contributed by atoms with van der Waals surface area (Å²) in [6.07, 6.45) is 0. The summed E-state index contributed by atoms with van der Waals surface area (Å²) < 4.78 is 0. The molecule has 2 aromatic carbocycles. The third kappa shape index (κ3) is 2.32. The second kappa shape index (κ2) is 5.10. The normalized spacial score (nSPS) is 14.1. The number of nitrogens with one attached hydrogen (secondary N) is 1. The first-order valence-electron chi connectivity index (χ1n) is 6.35. The largest absolute Gasteiger partial charge is 0.324 e. The Kier molecular flexibility index (Phi) is 3.28. The molecule has 0 saturated heterocycles. The third-order valence-corrected chi connectivity index (χ3v) is 3.54. The van der Waals surface area contributed by atoms with Crippen LogP contribution in [-0.4, -0.2) is 18.2 Å². The van der Waals surface area contributed by atoms with Crippen LogP contribution in [0.25, 0.3) is 0 Å². The Hall–Kier alpha value is -2.13. The Morgan fingerprint density at radius 3 is 2.75 bits per heavy atom. The number of fused-ring (bicyclic) bond motifs is 1. The zero-order valence-corrected chi connectivity index (χ0v) is 11.7. The molecule has 0 fully saturated rings. The zero-order chi connectivity index (χ0) is 14.1. The molecule has 1 aliphatic heterocycles. The summed E-state index contributed by atoms with van der Waals surface area (Å²) in [5.41, 5.74) is 4.39. The van der Waals surface area contributed by atoms with Crippen LogP contribution in [0.2, 0.25) is 5.02 Å². The van der Waals surface area contributed by atoms with Crippen molar-refractivity contribution in [3.63, 3.8) is 0 Å². The van der Waals surface area contributed by atoms with Crippen molar-refractivity contribution in [2.45, 2.75) is 6.92 Å². The lowest BCUT2D eigenvalue weighted by atomic mass is 9.99. The summed E-state index contributed by atoms with van der Waals surface area (Å²) in [6.45, 7) is 2.12. The molecule has 100 valence electrons. The van der Waals surface area contributed by atoms with Gasteiger partial charge in [-0.25, -0.2) is 0 Å². The van der Waals surface area contributed by atoms with Gasteiger partial charge in [0.15, 0.2) is 0 Å². The van der Waals surface area contributed by atoms with Gasteiger partial charge in [-0.2, -0.15) is 0 Å². The molecule has 2 aromatic rings. The maximum Gasteiger partial charge on any atom is 0.246 e. The maximum absolute atomic E-state index is 11.7. The van der Waals surface area contributed by atoms with Crippen LogP contribution >= 0.6 is 11.6 Å². The number of hydrogen-bond acceptors (Lipinski definition) is 2. The Morgan fingerprint density at radius 1 is 1.15 bits per heavy atom. The molecule has 1 N–H and O–H groups in total. The van der Waals surface area contributed by atoms with Crippen LogP contribution in [0.15, 0.2) is 47.5 Å². The molecule has 3 rings (SSSR count). The van der Waals surface area contributed by atoms with Crippen molar-refractivity contribution >= 4 is 28.9 Å². The molecule has 4 heteroatoms. The number of anilines is 1. The minimum Gasteiger partial charge on any atom is -0.324 e. The molecule has 0 unspecified atom stereocenters. The molecule has 1 amide bonds. The van der Waals surface area contributed by atoms with Crippen molar-refractivity contribution in [3.05, 3.63) is 64.2 Å². The van der Waals surface area contributed by atoms with Crippen molar-refractivity contribution in [1.82, 2.24) is 0 Å². The number of aliphatic imine (C=N–C) groups is 1. The van der Waals surface area contributed by atoms with E-state index in [1.165, 1.54) is 0 Å². The van der Waals surface area contributed by atoms with E-state index >= 15 is 0 Å². The molecule has 0 atom stereocenters. The Balaban J connectivity index is 2.23. The highest BCUT2D eigenvalue weighted by Gasteiger charge is 2.19. The molecule has 0 spiro atoms. The predicted molar refractivity (Wildman–Crippen MR) is 81.8 cm³/mol. The first-order valence-corrected chi connectivity index (χ1v) is 6.73. The minimum absolute atomic E-state index is 0.105. The molecule has 0 bridgehead atoms. The van der Waals surface area contributed by atoms with Gasteiger partial charge in [0.05, 0.1) is 11.4 Å². The minimum atomic E-state index is -0.114. The molecule has 3 nitrogen and oxygen atoms in total. The highest BCUT2D eigenvalue weighted by molar-refractivity contribution is 6.36. The Labute approximate surface area is 122 Å². The summed E-state index contributed by atoms with van der Waals surface area (Å²) >= 11 is 6.27. The lowest BCUT2D eigenvalue weighted by Crippen LogP contribution is -2.13. The van der Waals surface area contributed by atoms with Crippen molar-refractivity contribution in [1.29, 1.82) is 0 Å². The molecule has 1 heterocycles. The second-order valence-corrected chi connectivity index (χ2v) is 5.15. The van der Waals surface area contributed by atoms with Crippen LogP contribution in [0.1, 0.15) is 16.7 Å². The summed E-state index contributed by atoms with van der Waals surface area (Å²) in [7, 11) is 0. The van der Waals surface area contributed by atoms with Crippen LogP contribution in [0.3, 0.4) is 0 Å². The van der Waals surface area contributed by atoms with Crippen molar-refractivity contribution in [2.24, 2.45) is 4.99 Å². The van der Waals surface area contributed by atoms with Crippen molar-refractivity contribution in [2.75, 3.05) is 11.9 Å². The average Bonchev–Trinajstić information content (AvgIpc) is 2.58. The van der Waals surface area contributed by atoms with E-state index in [2.05, 4.69) is 10.3 Å². The standard InChI is InChI=1S/C16H13ClN2O/c1-10-6-7-14-12(8-10)16(18-9-15(20)19-14)11-4-2-3-5-13(11)17/h2-8H,9H2,1H3,(H,19,20). The Bertz CT molecular complexity index is 722. The van der Waals surface area contributed by atoms with Gasteiger partial charge in [0.1, 0.15) is 6.54 Å². The number of benzene rings is 2. The summed E-state index contributed by atoms with van der Waals surface area (Å²) in [5, 5.41) is 3.50. The molecule has 0 saturated carbocycles. The number of carbonyl (C=O) groups excluding carboxylic acids is 1. The fourth-order valence-electron chi connectivity index (χ4n) is 2.27. The van der Waals surface area contributed by atoms with E-state index in [9.17, 15) is 4.79 Å². The quantitative estimate of drug-likeness (QED) is 0.856. The second-order valence-electron chi connectivity index (χ2n) is 4.74. The van der Waals surface area contributed by atoms with Crippen LogP contribution in [0, 0.1) is 6.92 Å². The molecule has 20 heavy (non-hydrogen) atoms. The van der Waals surface area contributed by atoms with Gasteiger partial charge in [-0.05, 0) is 25.1 Å². The van der Waals surface area contributed by atoms with Crippen LogP contribution in [0.4, 0.5) is 5.69 Å². The van der Waals surface area contributed by atoms with Gasteiger partial charge in [-0.3, -0.25) is 9.79 Å². The van der Waals surface area contributed by atoms with Crippen LogP contribution < -0.4 is 5.32 Å². The van der Waals surface area contributed by atoms with E-state index in [4.69, 9.17) is 11.6 Å². The van der Waals surface area contributed by atoms with Gasteiger partial charge < -0.3 is 5.32 Å². The van der Waals surface area contributed by atoms with Crippen LogP contribution in [-0.2, 0) is 4.79 Å². The number of rotatable bonds is 1. The highest BCUT2D eigenvalue weighted by Crippen LogP contribution is 2.27. The summed E-state index contributed by atoms with van der Waals surface area (Å²) in [6, 6.07) is 13.4. The van der Waals surface area contributed by atoms with Gasteiger partial charge in [0.25, 0.3) is 0 Å². The Morgan fingerprint density at radius 2 is 1.95 bits per heavy atom. The van der Waals surface area contributed by atoms with E-state index in [1.54, 1.807) is 0 Å². The highest BCUT2D eigenvalue weighted by atomic mass is 35.5. The molecule has 0 aliphatic carbocycles. The molecule has 0 aromatic heterocycles. The average molecular weight is 285 g/mol. The number of aryl methyl sites for hydroxylation is 1. The fourth-order valence-corrected chi connectivity index (χ4v) is 2.50. The summed E-state index contributed by atoms with van der Waals surface area (Å²) in [5.74, 6) is -0.114. The molecule has 1 aliphatic rings. The molecule has 0 radical (unpaired) electrons. The lowest BCUT2D eigenvalue weighted by Gasteiger charge is -2.12. The number of carbonyl (C=O) groups is 1. The predicted octanol–water partition coefficient (Wildman–Crippen LogP) is 3.44. The van der Waals surface area contributed by atoms with Crippen molar-refractivity contribution in [3.8, 4) is 0 Å². The number of halogens is 1. The van der Waals surface area contributed by atoms with E-state index in [0.29, 0.717) is 5.02 Å².